The van der Waals surface area contributed by atoms with Crippen LogP contribution in [0.15, 0.2) is 84.9 Å². The number of benzene rings is 3. The monoisotopic (exact) mass is 261 g/mol. The number of phenolic OH excluding ortho intramolecular Hbond substituents is 1. The quantitative estimate of drug-likeness (QED) is 0.727. The zero-order valence-electron chi connectivity index (χ0n) is 11.0. The summed E-state index contributed by atoms with van der Waals surface area (Å²) >= 11 is 0. The van der Waals surface area contributed by atoms with Gasteiger partial charge in [-0.05, 0) is 36.4 Å². The van der Waals surface area contributed by atoms with Crippen LogP contribution in [-0.2, 0) is 0 Å². The third kappa shape index (κ3) is 2.50. The average Bonchev–Trinajstić information content (AvgIpc) is 2.50. The minimum atomic E-state index is 0.263. The smallest absolute Gasteiger partial charge is 0.117 e. The van der Waals surface area contributed by atoms with Crippen LogP contribution in [-0.4, -0.2) is 5.11 Å². The Morgan fingerprint density at radius 2 is 1.05 bits per heavy atom. The van der Waals surface area contributed by atoms with Gasteiger partial charge in [-0.15, -0.1) is 0 Å². The largest absolute Gasteiger partial charge is 0.508 e. The van der Waals surface area contributed by atoms with Gasteiger partial charge >= 0.3 is 0 Å². The molecule has 0 amide bonds. The second-order valence-corrected chi connectivity index (χ2v) is 4.53. The minimum Gasteiger partial charge on any atom is -0.508 e. The summed E-state index contributed by atoms with van der Waals surface area (Å²) in [6.07, 6.45) is 0. The fourth-order valence-electron chi connectivity index (χ4n) is 2.23. The summed E-state index contributed by atoms with van der Waals surface area (Å²) in [5.74, 6) is 0.263. The van der Waals surface area contributed by atoms with Gasteiger partial charge in [-0.3, -0.25) is 0 Å². The fourth-order valence-corrected chi connectivity index (χ4v) is 2.23. The molecule has 2 heteroatoms. The first-order valence-electron chi connectivity index (χ1n) is 6.54. The van der Waals surface area contributed by atoms with E-state index in [4.69, 9.17) is 0 Å². The van der Waals surface area contributed by atoms with Gasteiger partial charge in [0.25, 0.3) is 0 Å². The number of para-hydroxylation sites is 2. The third-order valence-electron chi connectivity index (χ3n) is 3.12. The Kier molecular flexibility index (Phi) is 3.38. The molecule has 0 aliphatic rings. The van der Waals surface area contributed by atoms with Crippen LogP contribution in [0.25, 0.3) is 0 Å². The molecule has 0 aromatic heterocycles. The van der Waals surface area contributed by atoms with Crippen LogP contribution in [0.2, 0.25) is 0 Å². The first-order valence-corrected chi connectivity index (χ1v) is 6.54. The van der Waals surface area contributed by atoms with Crippen molar-refractivity contribution in [3.63, 3.8) is 0 Å². The van der Waals surface area contributed by atoms with Gasteiger partial charge in [0, 0.05) is 23.1 Å². The number of phenols is 1. The molecule has 0 atom stereocenters. The molecule has 0 heterocycles. The van der Waals surface area contributed by atoms with Gasteiger partial charge in [-0.2, -0.15) is 0 Å². The maximum absolute atomic E-state index is 9.73. The summed E-state index contributed by atoms with van der Waals surface area (Å²) in [6, 6.07) is 27.5. The van der Waals surface area contributed by atoms with E-state index in [-0.39, 0.29) is 5.75 Å². The van der Waals surface area contributed by atoms with Crippen molar-refractivity contribution < 1.29 is 5.11 Å². The SMILES string of the molecule is Oc1cccc(N(c2ccccc2)c2ccccc2)c1. The lowest BCUT2D eigenvalue weighted by atomic mass is 10.2. The molecule has 1 N–H and O–H groups in total. The molecule has 0 spiro atoms. The van der Waals surface area contributed by atoms with E-state index in [0.717, 1.165) is 17.1 Å². The summed E-state index contributed by atoms with van der Waals surface area (Å²) in [4.78, 5) is 2.11. The highest BCUT2D eigenvalue weighted by Crippen LogP contribution is 2.35. The van der Waals surface area contributed by atoms with Crippen LogP contribution in [0.5, 0.6) is 5.75 Å². The summed E-state index contributed by atoms with van der Waals surface area (Å²) < 4.78 is 0. The molecule has 0 bridgehead atoms. The van der Waals surface area contributed by atoms with Crippen molar-refractivity contribution in [3.8, 4) is 5.75 Å². The molecule has 98 valence electrons. The van der Waals surface area contributed by atoms with Crippen molar-refractivity contribution in [3.05, 3.63) is 84.9 Å². The van der Waals surface area contributed by atoms with Gasteiger partial charge in [0.05, 0.1) is 0 Å². The Bertz CT molecular complexity index is 641. The summed E-state index contributed by atoms with van der Waals surface area (Å²) in [5, 5.41) is 9.73. The van der Waals surface area contributed by atoms with E-state index in [2.05, 4.69) is 29.2 Å². The molecule has 0 unspecified atom stereocenters. The molecular weight excluding hydrogens is 246 g/mol. The first kappa shape index (κ1) is 12.3. The molecule has 3 aromatic carbocycles. The molecular formula is C18H15NO. The van der Waals surface area contributed by atoms with Crippen molar-refractivity contribution in [1.82, 2.24) is 0 Å². The van der Waals surface area contributed by atoms with E-state index in [1.165, 1.54) is 0 Å². The van der Waals surface area contributed by atoms with Crippen molar-refractivity contribution in [2.75, 3.05) is 4.90 Å². The van der Waals surface area contributed by atoms with Crippen LogP contribution >= 0.6 is 0 Å². The van der Waals surface area contributed by atoms with E-state index < -0.39 is 0 Å². The first-order chi connectivity index (χ1) is 9.84. The lowest BCUT2D eigenvalue weighted by Gasteiger charge is -2.25. The molecule has 0 saturated heterocycles. The van der Waals surface area contributed by atoms with Crippen LogP contribution < -0.4 is 4.90 Å². The fraction of sp³-hybridized carbons (Fsp3) is 0. The molecule has 2 nitrogen and oxygen atoms in total. The predicted octanol–water partition coefficient (Wildman–Crippen LogP) is 4.86. The Labute approximate surface area is 118 Å². The lowest BCUT2D eigenvalue weighted by molar-refractivity contribution is 0.475. The zero-order chi connectivity index (χ0) is 13.8. The van der Waals surface area contributed by atoms with E-state index in [0.29, 0.717) is 0 Å². The van der Waals surface area contributed by atoms with E-state index in [1.54, 1.807) is 12.1 Å². The highest BCUT2D eigenvalue weighted by atomic mass is 16.3. The maximum atomic E-state index is 9.73. The molecule has 3 aromatic rings. The summed E-state index contributed by atoms with van der Waals surface area (Å²) in [5.41, 5.74) is 3.05. The second-order valence-electron chi connectivity index (χ2n) is 4.53. The number of hydrogen-bond acceptors (Lipinski definition) is 2. The summed E-state index contributed by atoms with van der Waals surface area (Å²) in [7, 11) is 0. The lowest BCUT2D eigenvalue weighted by Crippen LogP contribution is -2.09. The van der Waals surface area contributed by atoms with Crippen molar-refractivity contribution >= 4 is 17.1 Å². The zero-order valence-corrected chi connectivity index (χ0v) is 11.0. The minimum absolute atomic E-state index is 0.263. The number of anilines is 3. The number of rotatable bonds is 3. The van der Waals surface area contributed by atoms with Gasteiger partial charge in [-0.25, -0.2) is 0 Å². The van der Waals surface area contributed by atoms with Gasteiger partial charge in [0.1, 0.15) is 5.75 Å². The summed E-state index contributed by atoms with van der Waals surface area (Å²) in [6.45, 7) is 0. The van der Waals surface area contributed by atoms with Crippen LogP contribution in [0, 0.1) is 0 Å². The van der Waals surface area contributed by atoms with Crippen LogP contribution in [0.1, 0.15) is 0 Å². The second kappa shape index (κ2) is 5.49. The van der Waals surface area contributed by atoms with Gasteiger partial charge in [0.15, 0.2) is 0 Å². The van der Waals surface area contributed by atoms with E-state index >= 15 is 0 Å². The normalized spacial score (nSPS) is 10.2. The standard InChI is InChI=1S/C18H15NO/c20-18-13-7-12-17(14-18)19(15-8-3-1-4-9-15)16-10-5-2-6-11-16/h1-14,20H. The van der Waals surface area contributed by atoms with Crippen molar-refractivity contribution in [1.29, 1.82) is 0 Å². The van der Waals surface area contributed by atoms with Crippen molar-refractivity contribution in [2.24, 2.45) is 0 Å². The topological polar surface area (TPSA) is 23.5 Å². The Morgan fingerprint density at radius 3 is 1.55 bits per heavy atom. The Balaban J connectivity index is 2.14. The molecule has 20 heavy (non-hydrogen) atoms. The van der Waals surface area contributed by atoms with E-state index in [9.17, 15) is 5.11 Å². The highest BCUT2D eigenvalue weighted by Gasteiger charge is 2.11. The molecule has 0 saturated carbocycles. The predicted molar refractivity (Wildman–Crippen MR) is 82.8 cm³/mol. The van der Waals surface area contributed by atoms with Gasteiger partial charge < -0.3 is 10.0 Å². The average molecular weight is 261 g/mol. The van der Waals surface area contributed by atoms with Gasteiger partial charge in [-0.1, -0.05) is 42.5 Å². The maximum Gasteiger partial charge on any atom is 0.117 e. The Morgan fingerprint density at radius 1 is 0.550 bits per heavy atom. The van der Waals surface area contributed by atoms with Gasteiger partial charge in [0.2, 0.25) is 0 Å². The molecule has 0 aliphatic carbocycles. The number of aromatic hydroxyl groups is 1. The van der Waals surface area contributed by atoms with Crippen LogP contribution in [0.3, 0.4) is 0 Å². The van der Waals surface area contributed by atoms with Crippen LogP contribution in [0.4, 0.5) is 17.1 Å². The number of nitrogens with zero attached hydrogens (tertiary/aromatic N) is 1. The highest BCUT2D eigenvalue weighted by molar-refractivity contribution is 5.76. The third-order valence-corrected chi connectivity index (χ3v) is 3.12. The molecule has 0 radical (unpaired) electrons. The van der Waals surface area contributed by atoms with E-state index in [1.807, 2.05) is 48.5 Å². The number of hydrogen-bond donors (Lipinski definition) is 1. The molecule has 0 aliphatic heterocycles. The Hall–Kier alpha value is -2.74. The van der Waals surface area contributed by atoms with Crippen molar-refractivity contribution in [2.45, 2.75) is 0 Å². The molecule has 3 rings (SSSR count). The molecule has 0 fully saturated rings.